The van der Waals surface area contributed by atoms with E-state index in [2.05, 4.69) is 0 Å². The zero-order chi connectivity index (χ0) is 14.7. The molecule has 104 valence electrons. The molecule has 1 unspecified atom stereocenters. The molecule has 1 aromatic rings. The average molecular weight is 275 g/mol. The van der Waals surface area contributed by atoms with Gasteiger partial charge in [-0.15, -0.1) is 0 Å². The van der Waals surface area contributed by atoms with Crippen LogP contribution in [0.25, 0.3) is 0 Å². The number of carboxylic acid groups (broad SMARTS) is 1. The second kappa shape index (κ2) is 5.73. The minimum Gasteiger partial charge on any atom is -0.481 e. The van der Waals surface area contributed by atoms with Gasteiger partial charge in [-0.3, -0.25) is 9.59 Å². The Balaban J connectivity index is 3.17. The van der Waals surface area contributed by atoms with Gasteiger partial charge < -0.3 is 10.0 Å². The summed E-state index contributed by atoms with van der Waals surface area (Å²) in [4.78, 5) is 22.9. The second-order valence-corrected chi connectivity index (χ2v) is 4.06. The Morgan fingerprint density at radius 1 is 1.26 bits per heavy atom. The van der Waals surface area contributed by atoms with E-state index in [1.807, 2.05) is 0 Å². The molecule has 4 nitrogen and oxygen atoms in total. The lowest BCUT2D eigenvalue weighted by Gasteiger charge is -2.23. The first-order valence-electron chi connectivity index (χ1n) is 5.40. The van der Waals surface area contributed by atoms with Crippen LogP contribution in [0.2, 0.25) is 0 Å². The molecule has 0 heterocycles. The zero-order valence-electron chi connectivity index (χ0n) is 10.3. The van der Waals surface area contributed by atoms with E-state index in [1.54, 1.807) is 0 Å². The molecule has 1 aromatic carbocycles. The fourth-order valence-electron chi connectivity index (χ4n) is 1.47. The Kier molecular flexibility index (Phi) is 4.52. The van der Waals surface area contributed by atoms with Gasteiger partial charge in [-0.25, -0.2) is 13.2 Å². The summed E-state index contributed by atoms with van der Waals surface area (Å²) in [6.07, 6.45) is 0. The summed E-state index contributed by atoms with van der Waals surface area (Å²) in [5.41, 5.74) is -0.487. The predicted octanol–water partition coefficient (Wildman–Crippen LogP) is 2.18. The molecule has 0 radical (unpaired) electrons. The minimum absolute atomic E-state index is 0.341. The van der Waals surface area contributed by atoms with Crippen LogP contribution >= 0.6 is 0 Å². The van der Waals surface area contributed by atoms with E-state index in [0.29, 0.717) is 6.07 Å². The molecule has 1 N–H and O–H groups in total. The average Bonchev–Trinajstić information content (AvgIpc) is 2.33. The number of carbonyl (C=O) groups excluding carboxylic acids is 1. The highest BCUT2D eigenvalue weighted by Gasteiger charge is 2.24. The van der Waals surface area contributed by atoms with Crippen molar-refractivity contribution >= 4 is 17.6 Å². The number of carbonyl (C=O) groups is 2. The van der Waals surface area contributed by atoms with Crippen molar-refractivity contribution in [1.82, 2.24) is 0 Å². The molecule has 19 heavy (non-hydrogen) atoms. The highest BCUT2D eigenvalue weighted by Crippen LogP contribution is 2.24. The Hall–Kier alpha value is -2.05. The molecular formula is C12H12F3NO3. The predicted molar refractivity (Wildman–Crippen MR) is 61.1 cm³/mol. The fraction of sp³-hybridized carbons (Fsp3) is 0.333. The lowest BCUT2D eigenvalue weighted by molar-refractivity contribution is -0.140. The van der Waals surface area contributed by atoms with Crippen LogP contribution in [0.15, 0.2) is 12.1 Å². The Labute approximate surface area is 107 Å². The summed E-state index contributed by atoms with van der Waals surface area (Å²) in [6.45, 7) is 2.05. The van der Waals surface area contributed by atoms with Crippen molar-refractivity contribution < 1.29 is 27.9 Å². The number of nitrogens with zero attached hydrogens (tertiary/aromatic N) is 1. The largest absolute Gasteiger partial charge is 0.481 e. The highest BCUT2D eigenvalue weighted by atomic mass is 19.2. The minimum atomic E-state index is -1.70. The molecule has 0 spiro atoms. The van der Waals surface area contributed by atoms with Crippen molar-refractivity contribution in [2.75, 3.05) is 11.4 Å². The topological polar surface area (TPSA) is 57.6 Å². The summed E-state index contributed by atoms with van der Waals surface area (Å²) in [5, 5.41) is 8.76. The Morgan fingerprint density at radius 2 is 1.84 bits per heavy atom. The van der Waals surface area contributed by atoms with Crippen LogP contribution in [0.5, 0.6) is 0 Å². The van der Waals surface area contributed by atoms with Crippen LogP contribution < -0.4 is 4.90 Å². The standard InChI is InChI=1S/C12H12F3NO3/c1-6(12(18)19)5-16(7(2)17)9-4-3-8(13)10(14)11(9)15/h3-4,6H,5H2,1-2H3,(H,18,19). The summed E-state index contributed by atoms with van der Waals surface area (Å²) in [5.74, 6) is -7.43. The summed E-state index contributed by atoms with van der Waals surface area (Å²) < 4.78 is 39.5. The van der Waals surface area contributed by atoms with Gasteiger partial charge in [-0.2, -0.15) is 0 Å². The molecule has 1 amide bonds. The van der Waals surface area contributed by atoms with E-state index in [4.69, 9.17) is 5.11 Å². The number of amides is 1. The van der Waals surface area contributed by atoms with Crippen molar-refractivity contribution in [2.24, 2.45) is 5.92 Å². The molecule has 0 aliphatic carbocycles. The van der Waals surface area contributed by atoms with Crippen LogP contribution in [0.3, 0.4) is 0 Å². The normalized spacial score (nSPS) is 12.1. The SMILES string of the molecule is CC(=O)N(CC(C)C(=O)O)c1ccc(F)c(F)c1F. The van der Waals surface area contributed by atoms with E-state index >= 15 is 0 Å². The van der Waals surface area contributed by atoms with Gasteiger partial charge in [-0.05, 0) is 12.1 Å². The third kappa shape index (κ3) is 3.24. The maximum atomic E-state index is 13.6. The molecule has 0 bridgehead atoms. The molecule has 0 saturated carbocycles. The van der Waals surface area contributed by atoms with E-state index in [0.717, 1.165) is 17.9 Å². The van der Waals surface area contributed by atoms with Crippen molar-refractivity contribution in [3.63, 3.8) is 0 Å². The quantitative estimate of drug-likeness (QED) is 0.857. The zero-order valence-corrected chi connectivity index (χ0v) is 10.3. The van der Waals surface area contributed by atoms with Crippen LogP contribution in [0.1, 0.15) is 13.8 Å². The molecule has 1 atom stereocenters. The van der Waals surface area contributed by atoms with Gasteiger partial charge in [0.2, 0.25) is 5.91 Å². The first kappa shape index (κ1) is 15.0. The lowest BCUT2D eigenvalue weighted by atomic mass is 10.1. The van der Waals surface area contributed by atoms with Crippen molar-refractivity contribution in [1.29, 1.82) is 0 Å². The maximum absolute atomic E-state index is 13.6. The van der Waals surface area contributed by atoms with Gasteiger partial charge in [0.05, 0.1) is 11.6 Å². The van der Waals surface area contributed by atoms with Crippen molar-refractivity contribution in [3.8, 4) is 0 Å². The Bertz CT molecular complexity index is 519. The van der Waals surface area contributed by atoms with Crippen LogP contribution in [0.4, 0.5) is 18.9 Å². The maximum Gasteiger partial charge on any atom is 0.308 e. The number of hydrogen-bond donors (Lipinski definition) is 1. The first-order chi connectivity index (χ1) is 8.75. The molecule has 7 heteroatoms. The number of carboxylic acids is 1. The third-order valence-electron chi connectivity index (χ3n) is 2.56. The van der Waals surface area contributed by atoms with Gasteiger partial charge in [0, 0.05) is 13.5 Å². The fourth-order valence-corrected chi connectivity index (χ4v) is 1.47. The van der Waals surface area contributed by atoms with E-state index in [-0.39, 0.29) is 6.54 Å². The second-order valence-electron chi connectivity index (χ2n) is 4.06. The molecule has 0 aliphatic heterocycles. The van der Waals surface area contributed by atoms with E-state index in [1.165, 1.54) is 6.92 Å². The van der Waals surface area contributed by atoms with Gasteiger partial charge in [0.1, 0.15) is 0 Å². The van der Waals surface area contributed by atoms with Gasteiger partial charge in [0.15, 0.2) is 17.5 Å². The summed E-state index contributed by atoms with van der Waals surface area (Å²) >= 11 is 0. The van der Waals surface area contributed by atoms with Crippen molar-refractivity contribution in [2.45, 2.75) is 13.8 Å². The number of benzene rings is 1. The van der Waals surface area contributed by atoms with Gasteiger partial charge in [0.25, 0.3) is 0 Å². The molecule has 0 aromatic heterocycles. The van der Waals surface area contributed by atoms with E-state index in [9.17, 15) is 22.8 Å². The molecule has 1 rings (SSSR count). The molecular weight excluding hydrogens is 263 g/mol. The monoisotopic (exact) mass is 275 g/mol. The summed E-state index contributed by atoms with van der Waals surface area (Å²) in [6, 6.07) is 1.57. The van der Waals surface area contributed by atoms with Gasteiger partial charge in [-0.1, -0.05) is 6.92 Å². The third-order valence-corrected chi connectivity index (χ3v) is 2.56. The molecule has 0 saturated heterocycles. The smallest absolute Gasteiger partial charge is 0.308 e. The number of hydrogen-bond acceptors (Lipinski definition) is 2. The van der Waals surface area contributed by atoms with Crippen LogP contribution in [-0.4, -0.2) is 23.5 Å². The number of rotatable bonds is 4. The number of halogens is 3. The molecule has 0 aliphatic rings. The lowest BCUT2D eigenvalue weighted by Crippen LogP contribution is -2.36. The first-order valence-corrected chi connectivity index (χ1v) is 5.40. The van der Waals surface area contributed by atoms with Crippen molar-refractivity contribution in [3.05, 3.63) is 29.6 Å². The van der Waals surface area contributed by atoms with E-state index < -0.39 is 40.9 Å². The number of anilines is 1. The Morgan fingerprint density at radius 3 is 2.32 bits per heavy atom. The van der Waals surface area contributed by atoms with Crippen LogP contribution in [-0.2, 0) is 9.59 Å². The van der Waals surface area contributed by atoms with Crippen LogP contribution in [0, 0.1) is 23.4 Å². The van der Waals surface area contributed by atoms with Gasteiger partial charge >= 0.3 is 5.97 Å². The number of aliphatic carboxylic acids is 1. The highest BCUT2D eigenvalue weighted by molar-refractivity contribution is 5.92. The molecule has 0 fully saturated rings. The summed E-state index contributed by atoms with van der Waals surface area (Å²) in [7, 11) is 0.